The number of fused-ring (bicyclic) bond motifs is 2. The summed E-state index contributed by atoms with van der Waals surface area (Å²) < 4.78 is 16.0. The Bertz CT molecular complexity index is 1800. The first kappa shape index (κ1) is 23.9. The van der Waals surface area contributed by atoms with Crippen LogP contribution >= 0.6 is 11.3 Å². The quantitative estimate of drug-likeness (QED) is 0.246. The van der Waals surface area contributed by atoms with E-state index in [1.807, 2.05) is 44.4 Å². The van der Waals surface area contributed by atoms with Crippen LogP contribution in [-0.4, -0.2) is 41.0 Å². The van der Waals surface area contributed by atoms with Crippen LogP contribution < -0.4 is 5.32 Å². The van der Waals surface area contributed by atoms with Crippen molar-refractivity contribution < 1.29 is 9.18 Å². The molecule has 0 aliphatic rings. The average Bonchev–Trinajstić information content (AvgIpc) is 3.62. The zero-order valence-electron chi connectivity index (χ0n) is 20.8. The van der Waals surface area contributed by atoms with Crippen molar-refractivity contribution in [2.45, 2.75) is 27.2 Å². The molecule has 190 valence electrons. The lowest BCUT2D eigenvalue weighted by molar-refractivity contribution is -0.117. The molecule has 0 atom stereocenters. The van der Waals surface area contributed by atoms with Gasteiger partial charge < -0.3 is 10.3 Å². The summed E-state index contributed by atoms with van der Waals surface area (Å²) in [6.07, 6.45) is 6.52. The van der Waals surface area contributed by atoms with E-state index in [4.69, 9.17) is 0 Å². The van der Waals surface area contributed by atoms with Gasteiger partial charge in [0.15, 0.2) is 17.1 Å². The number of thiophene rings is 1. The molecule has 0 bridgehead atoms. The molecule has 11 heteroatoms. The number of H-pyrrole nitrogens is 2. The number of hydrogen-bond donors (Lipinski definition) is 3. The van der Waals surface area contributed by atoms with Gasteiger partial charge in [0.1, 0.15) is 11.5 Å². The highest BCUT2D eigenvalue weighted by molar-refractivity contribution is 7.13. The lowest BCUT2D eigenvalue weighted by Gasteiger charge is -2.17. The third-order valence-corrected chi connectivity index (χ3v) is 6.86. The Balaban J connectivity index is 1.40. The van der Waals surface area contributed by atoms with Gasteiger partial charge in [-0.1, -0.05) is 26.8 Å². The fraction of sp³-hybridized carbons (Fsp3) is 0.185. The van der Waals surface area contributed by atoms with Crippen LogP contribution in [0, 0.1) is 11.2 Å². The molecule has 0 aliphatic carbocycles. The van der Waals surface area contributed by atoms with Crippen LogP contribution in [0.1, 0.15) is 27.2 Å². The van der Waals surface area contributed by atoms with E-state index in [0.29, 0.717) is 34.8 Å². The number of carbonyl (C=O) groups excluding carboxylic acids is 1. The second-order valence-electron chi connectivity index (χ2n) is 10.2. The Morgan fingerprint density at radius 2 is 1.97 bits per heavy atom. The second kappa shape index (κ2) is 9.10. The van der Waals surface area contributed by atoms with Gasteiger partial charge in [-0.3, -0.25) is 14.9 Å². The predicted octanol–water partition coefficient (Wildman–Crippen LogP) is 6.20. The average molecular weight is 527 g/mol. The van der Waals surface area contributed by atoms with E-state index in [2.05, 4.69) is 40.4 Å². The molecular formula is C27H23FN8OS. The number of carbonyl (C=O) groups is 1. The minimum atomic E-state index is -0.523. The molecule has 0 aromatic carbocycles. The van der Waals surface area contributed by atoms with Crippen LogP contribution in [0.2, 0.25) is 0 Å². The third-order valence-electron chi connectivity index (χ3n) is 5.96. The number of hydrogen-bond acceptors (Lipinski definition) is 7. The SMILES string of the molecule is CC(C)(C)CC(=O)Nc1cncc(-c2cnc3n[nH]c(-c4nc5nccc(-c6cccs6)c5[nH]4)c3c2F)c1. The van der Waals surface area contributed by atoms with Crippen LogP contribution in [-0.2, 0) is 4.79 Å². The van der Waals surface area contributed by atoms with E-state index < -0.39 is 5.82 Å². The highest BCUT2D eigenvalue weighted by atomic mass is 32.1. The van der Waals surface area contributed by atoms with Crippen molar-refractivity contribution in [1.82, 2.24) is 35.1 Å². The molecule has 6 aromatic rings. The molecule has 3 N–H and O–H groups in total. The van der Waals surface area contributed by atoms with Gasteiger partial charge in [0, 0.05) is 46.6 Å². The normalized spacial score (nSPS) is 11.9. The summed E-state index contributed by atoms with van der Waals surface area (Å²) in [6, 6.07) is 7.60. The Hall–Kier alpha value is -4.51. The van der Waals surface area contributed by atoms with Gasteiger partial charge in [-0.2, -0.15) is 5.10 Å². The third kappa shape index (κ3) is 4.41. The molecule has 0 unspecified atom stereocenters. The summed E-state index contributed by atoms with van der Waals surface area (Å²) in [7, 11) is 0. The highest BCUT2D eigenvalue weighted by Gasteiger charge is 2.22. The molecule has 9 nitrogen and oxygen atoms in total. The van der Waals surface area contributed by atoms with Crippen LogP contribution in [0.5, 0.6) is 0 Å². The highest BCUT2D eigenvalue weighted by Crippen LogP contribution is 2.35. The van der Waals surface area contributed by atoms with Gasteiger partial charge in [-0.05, 0) is 29.0 Å². The minimum absolute atomic E-state index is 0.136. The summed E-state index contributed by atoms with van der Waals surface area (Å²) in [6.45, 7) is 5.96. The molecule has 38 heavy (non-hydrogen) atoms. The number of nitrogens with zero attached hydrogens (tertiary/aromatic N) is 5. The van der Waals surface area contributed by atoms with Gasteiger partial charge in [0.2, 0.25) is 5.91 Å². The zero-order chi connectivity index (χ0) is 26.4. The monoisotopic (exact) mass is 526 g/mol. The Labute approximate surface area is 220 Å². The first-order valence-electron chi connectivity index (χ1n) is 11.9. The smallest absolute Gasteiger partial charge is 0.224 e. The molecule has 0 saturated heterocycles. The number of aromatic nitrogens is 7. The lowest BCUT2D eigenvalue weighted by Crippen LogP contribution is -2.19. The van der Waals surface area contributed by atoms with Crippen LogP contribution in [0.15, 0.2) is 54.4 Å². The van der Waals surface area contributed by atoms with E-state index >= 15 is 4.39 Å². The van der Waals surface area contributed by atoms with Gasteiger partial charge in [-0.15, -0.1) is 11.3 Å². The molecular weight excluding hydrogens is 503 g/mol. The molecule has 0 aliphatic heterocycles. The molecule has 6 aromatic heterocycles. The maximum Gasteiger partial charge on any atom is 0.224 e. The number of imidazole rings is 1. The Morgan fingerprint density at radius 1 is 1.11 bits per heavy atom. The first-order chi connectivity index (χ1) is 18.3. The lowest BCUT2D eigenvalue weighted by atomic mass is 9.92. The van der Waals surface area contributed by atoms with Crippen molar-refractivity contribution in [3.05, 3.63) is 60.3 Å². The van der Waals surface area contributed by atoms with Crippen LogP contribution in [0.25, 0.3) is 55.3 Å². The minimum Gasteiger partial charge on any atom is -0.335 e. The number of anilines is 1. The molecule has 6 rings (SSSR count). The van der Waals surface area contributed by atoms with Crippen molar-refractivity contribution in [1.29, 1.82) is 0 Å². The van der Waals surface area contributed by atoms with E-state index in [-0.39, 0.29) is 27.9 Å². The summed E-state index contributed by atoms with van der Waals surface area (Å²) in [5.41, 5.74) is 3.83. The molecule has 0 radical (unpaired) electrons. The molecule has 6 heterocycles. The van der Waals surface area contributed by atoms with E-state index in [9.17, 15) is 4.79 Å². The number of aromatic amines is 2. The van der Waals surface area contributed by atoms with Crippen molar-refractivity contribution >= 4 is 45.1 Å². The summed E-state index contributed by atoms with van der Waals surface area (Å²) in [4.78, 5) is 34.3. The predicted molar refractivity (Wildman–Crippen MR) is 146 cm³/mol. The Morgan fingerprint density at radius 3 is 2.76 bits per heavy atom. The van der Waals surface area contributed by atoms with Crippen molar-refractivity contribution in [2.75, 3.05) is 5.32 Å². The standard InChI is InChI=1S/C27H23FN8OS/c1-27(2,3)10-19(37)32-15-9-14(11-29-12-15)17-13-31-24-20(21(17)28)23(35-36-24)26-33-22-16(18-5-4-8-38-18)6-7-30-25(22)34-26/h4-9,11-13H,10H2,1-3H3,(H,32,37)(H,30,33,34)(H,31,35,36). The fourth-order valence-corrected chi connectivity index (χ4v) is 5.09. The van der Waals surface area contributed by atoms with Gasteiger partial charge in [0.25, 0.3) is 0 Å². The molecule has 0 fully saturated rings. The van der Waals surface area contributed by atoms with Crippen molar-refractivity contribution in [2.24, 2.45) is 5.41 Å². The van der Waals surface area contributed by atoms with Gasteiger partial charge in [-0.25, -0.2) is 19.3 Å². The maximum absolute atomic E-state index is 16.0. The molecule has 0 spiro atoms. The summed E-state index contributed by atoms with van der Waals surface area (Å²) >= 11 is 1.61. The molecule has 0 saturated carbocycles. The number of pyridine rings is 3. The number of halogens is 1. The number of amides is 1. The first-order valence-corrected chi connectivity index (χ1v) is 12.8. The van der Waals surface area contributed by atoms with E-state index in [1.54, 1.807) is 23.6 Å². The van der Waals surface area contributed by atoms with Crippen molar-refractivity contribution in [3.8, 4) is 33.1 Å². The molecule has 1 amide bonds. The number of rotatable bonds is 5. The number of nitrogens with one attached hydrogen (secondary N) is 3. The van der Waals surface area contributed by atoms with Crippen molar-refractivity contribution in [3.63, 3.8) is 0 Å². The van der Waals surface area contributed by atoms with E-state index in [1.165, 1.54) is 18.6 Å². The van der Waals surface area contributed by atoms with E-state index in [0.717, 1.165) is 16.0 Å². The summed E-state index contributed by atoms with van der Waals surface area (Å²) in [5.74, 6) is -0.258. The maximum atomic E-state index is 16.0. The topological polar surface area (TPSA) is 125 Å². The van der Waals surface area contributed by atoms with Crippen LogP contribution in [0.4, 0.5) is 10.1 Å². The van der Waals surface area contributed by atoms with Gasteiger partial charge >= 0.3 is 0 Å². The van der Waals surface area contributed by atoms with Gasteiger partial charge in [0.05, 0.1) is 22.8 Å². The zero-order valence-corrected chi connectivity index (χ0v) is 21.7. The Kier molecular flexibility index (Phi) is 5.72. The second-order valence-corrected chi connectivity index (χ2v) is 11.1. The fourth-order valence-electron chi connectivity index (χ4n) is 4.33. The summed E-state index contributed by atoms with van der Waals surface area (Å²) in [5, 5.41) is 12.1. The van der Waals surface area contributed by atoms with Crippen LogP contribution in [0.3, 0.4) is 0 Å². The largest absolute Gasteiger partial charge is 0.335 e.